The summed E-state index contributed by atoms with van der Waals surface area (Å²) in [6.07, 6.45) is 1.06. The molecule has 0 unspecified atom stereocenters. The van der Waals surface area contributed by atoms with Gasteiger partial charge in [0.1, 0.15) is 12.4 Å². The second-order valence-electron chi connectivity index (χ2n) is 4.28. The summed E-state index contributed by atoms with van der Waals surface area (Å²) in [7, 11) is 0. The number of benzene rings is 1. The van der Waals surface area contributed by atoms with Crippen LogP contribution in [0.1, 0.15) is 27.8 Å². The summed E-state index contributed by atoms with van der Waals surface area (Å²) in [5.41, 5.74) is 8.21. The Morgan fingerprint density at radius 3 is 2.50 bits per heavy atom. The van der Waals surface area contributed by atoms with Crippen molar-refractivity contribution >= 4 is 11.3 Å². The van der Waals surface area contributed by atoms with Crippen LogP contribution in [-0.2, 0) is 19.6 Å². The van der Waals surface area contributed by atoms with Crippen molar-refractivity contribution in [1.29, 1.82) is 0 Å². The van der Waals surface area contributed by atoms with E-state index >= 15 is 0 Å². The van der Waals surface area contributed by atoms with E-state index in [1.54, 1.807) is 11.3 Å². The predicted octanol–water partition coefficient (Wildman–Crippen LogP) is 3.66. The van der Waals surface area contributed by atoms with Crippen molar-refractivity contribution in [2.75, 3.05) is 0 Å². The van der Waals surface area contributed by atoms with E-state index in [4.69, 9.17) is 10.5 Å². The SMILES string of the molecule is CCc1ccc(OCc2cc(CN)sc2C)cc1. The highest BCUT2D eigenvalue weighted by molar-refractivity contribution is 7.12. The summed E-state index contributed by atoms with van der Waals surface area (Å²) in [6.45, 7) is 5.49. The number of hydrogen-bond donors (Lipinski definition) is 1. The van der Waals surface area contributed by atoms with Gasteiger partial charge in [0.25, 0.3) is 0 Å². The fourth-order valence-corrected chi connectivity index (χ4v) is 2.74. The molecule has 1 aromatic carbocycles. The van der Waals surface area contributed by atoms with Gasteiger partial charge in [-0.3, -0.25) is 0 Å². The van der Waals surface area contributed by atoms with Crippen molar-refractivity contribution in [2.45, 2.75) is 33.4 Å². The highest BCUT2D eigenvalue weighted by atomic mass is 32.1. The molecular formula is C15H19NOS. The minimum absolute atomic E-state index is 0.608. The molecule has 0 amide bonds. The first kappa shape index (κ1) is 13.1. The second kappa shape index (κ2) is 6.03. The van der Waals surface area contributed by atoms with E-state index in [1.165, 1.54) is 20.9 Å². The van der Waals surface area contributed by atoms with Crippen LogP contribution >= 0.6 is 11.3 Å². The molecule has 0 atom stereocenters. The van der Waals surface area contributed by atoms with E-state index in [-0.39, 0.29) is 0 Å². The highest BCUT2D eigenvalue weighted by Gasteiger charge is 2.05. The number of hydrogen-bond acceptors (Lipinski definition) is 3. The topological polar surface area (TPSA) is 35.2 Å². The Bertz CT molecular complexity index is 502. The van der Waals surface area contributed by atoms with Crippen LogP contribution in [0.2, 0.25) is 0 Å². The van der Waals surface area contributed by atoms with Gasteiger partial charge in [-0.1, -0.05) is 19.1 Å². The monoisotopic (exact) mass is 261 g/mol. The van der Waals surface area contributed by atoms with Gasteiger partial charge >= 0.3 is 0 Å². The maximum absolute atomic E-state index is 5.80. The normalized spacial score (nSPS) is 10.6. The van der Waals surface area contributed by atoms with Crippen molar-refractivity contribution < 1.29 is 4.74 Å². The molecule has 0 aliphatic rings. The van der Waals surface area contributed by atoms with Crippen LogP contribution in [0.25, 0.3) is 0 Å². The molecule has 0 fully saturated rings. The third-order valence-electron chi connectivity index (χ3n) is 3.00. The number of thiophene rings is 1. The van der Waals surface area contributed by atoms with Crippen LogP contribution in [0.15, 0.2) is 30.3 Å². The van der Waals surface area contributed by atoms with Crippen molar-refractivity contribution in [1.82, 2.24) is 0 Å². The largest absolute Gasteiger partial charge is 0.489 e. The standard InChI is InChI=1S/C15H19NOS/c1-3-12-4-6-14(7-5-12)17-10-13-8-15(9-16)18-11(13)2/h4-8H,3,9-10,16H2,1-2H3. The molecule has 0 saturated heterocycles. The number of ether oxygens (including phenoxy) is 1. The van der Waals surface area contributed by atoms with Crippen LogP contribution in [0.4, 0.5) is 0 Å². The molecule has 2 aromatic rings. The summed E-state index contributed by atoms with van der Waals surface area (Å²) in [5, 5.41) is 0. The third-order valence-corrected chi connectivity index (χ3v) is 4.11. The molecule has 0 saturated carbocycles. The Kier molecular flexibility index (Phi) is 4.39. The van der Waals surface area contributed by atoms with Crippen molar-refractivity contribution in [3.05, 3.63) is 51.2 Å². The van der Waals surface area contributed by atoms with Gasteiger partial charge in [0.15, 0.2) is 0 Å². The molecule has 0 radical (unpaired) electrons. The van der Waals surface area contributed by atoms with Crippen LogP contribution in [-0.4, -0.2) is 0 Å². The van der Waals surface area contributed by atoms with Gasteiger partial charge in [-0.15, -0.1) is 11.3 Å². The zero-order valence-electron chi connectivity index (χ0n) is 10.9. The lowest BCUT2D eigenvalue weighted by atomic mass is 10.2. The van der Waals surface area contributed by atoms with E-state index in [0.717, 1.165) is 12.2 Å². The zero-order chi connectivity index (χ0) is 13.0. The average Bonchev–Trinajstić information content (AvgIpc) is 2.77. The fourth-order valence-electron chi connectivity index (χ4n) is 1.81. The molecule has 2 nitrogen and oxygen atoms in total. The van der Waals surface area contributed by atoms with Crippen LogP contribution in [0, 0.1) is 6.92 Å². The summed E-state index contributed by atoms with van der Waals surface area (Å²) in [5.74, 6) is 0.923. The number of rotatable bonds is 5. The van der Waals surface area contributed by atoms with Gasteiger partial charge in [0, 0.05) is 21.9 Å². The Balaban J connectivity index is 1.99. The smallest absolute Gasteiger partial charge is 0.119 e. The van der Waals surface area contributed by atoms with Crippen molar-refractivity contribution in [3.63, 3.8) is 0 Å². The first-order valence-electron chi connectivity index (χ1n) is 6.23. The van der Waals surface area contributed by atoms with Gasteiger partial charge in [0.2, 0.25) is 0 Å². The lowest BCUT2D eigenvalue weighted by molar-refractivity contribution is 0.306. The van der Waals surface area contributed by atoms with E-state index in [9.17, 15) is 0 Å². The molecule has 0 aliphatic carbocycles. The Morgan fingerprint density at radius 1 is 1.22 bits per heavy atom. The van der Waals surface area contributed by atoms with Crippen LogP contribution < -0.4 is 10.5 Å². The molecule has 1 heterocycles. The van der Waals surface area contributed by atoms with Gasteiger partial charge < -0.3 is 10.5 Å². The van der Waals surface area contributed by atoms with Crippen molar-refractivity contribution in [2.24, 2.45) is 5.73 Å². The lowest BCUT2D eigenvalue weighted by Crippen LogP contribution is -1.96. The van der Waals surface area contributed by atoms with Gasteiger partial charge in [-0.25, -0.2) is 0 Å². The molecule has 96 valence electrons. The predicted molar refractivity (Wildman–Crippen MR) is 77.1 cm³/mol. The lowest BCUT2D eigenvalue weighted by Gasteiger charge is -2.06. The second-order valence-corrected chi connectivity index (χ2v) is 5.63. The summed E-state index contributed by atoms with van der Waals surface area (Å²) in [4.78, 5) is 2.51. The van der Waals surface area contributed by atoms with Gasteiger partial charge in [-0.2, -0.15) is 0 Å². The van der Waals surface area contributed by atoms with E-state index < -0.39 is 0 Å². The molecule has 0 aliphatic heterocycles. The summed E-state index contributed by atoms with van der Waals surface area (Å²) >= 11 is 1.75. The molecule has 2 N–H and O–H groups in total. The zero-order valence-corrected chi connectivity index (χ0v) is 11.7. The average molecular weight is 261 g/mol. The molecule has 0 spiro atoms. The molecular weight excluding hydrogens is 242 g/mol. The minimum Gasteiger partial charge on any atom is -0.489 e. The molecule has 0 bridgehead atoms. The minimum atomic E-state index is 0.608. The van der Waals surface area contributed by atoms with E-state index in [1.807, 2.05) is 12.1 Å². The molecule has 3 heteroatoms. The summed E-state index contributed by atoms with van der Waals surface area (Å²) < 4.78 is 5.80. The first-order valence-corrected chi connectivity index (χ1v) is 7.04. The first-order chi connectivity index (χ1) is 8.72. The maximum atomic E-state index is 5.80. The van der Waals surface area contributed by atoms with Crippen LogP contribution in [0.5, 0.6) is 5.75 Å². The summed E-state index contributed by atoms with van der Waals surface area (Å²) in [6, 6.07) is 10.4. The molecule has 1 aromatic heterocycles. The highest BCUT2D eigenvalue weighted by Crippen LogP contribution is 2.23. The Morgan fingerprint density at radius 2 is 1.94 bits per heavy atom. The van der Waals surface area contributed by atoms with Gasteiger partial charge in [-0.05, 0) is 37.1 Å². The molecule has 2 rings (SSSR count). The molecule has 18 heavy (non-hydrogen) atoms. The van der Waals surface area contributed by atoms with Gasteiger partial charge in [0.05, 0.1) is 0 Å². The fraction of sp³-hybridized carbons (Fsp3) is 0.333. The third kappa shape index (κ3) is 3.12. The van der Waals surface area contributed by atoms with E-state index in [0.29, 0.717) is 13.2 Å². The maximum Gasteiger partial charge on any atom is 0.119 e. The van der Waals surface area contributed by atoms with E-state index in [2.05, 4.69) is 32.0 Å². The Hall–Kier alpha value is -1.32. The Labute approximate surface area is 112 Å². The number of aryl methyl sites for hydroxylation is 2. The number of nitrogens with two attached hydrogens (primary N) is 1. The van der Waals surface area contributed by atoms with Crippen molar-refractivity contribution in [3.8, 4) is 5.75 Å². The van der Waals surface area contributed by atoms with Crippen LogP contribution in [0.3, 0.4) is 0 Å². The quantitative estimate of drug-likeness (QED) is 0.891.